The SMILES string of the molecule is O=C(O)C(F)(F)Oc1c(Br)cc(Br)cc1Br. The number of halogens is 5. The fourth-order valence-corrected chi connectivity index (χ4v) is 3.22. The molecule has 0 saturated carbocycles. The van der Waals surface area contributed by atoms with Gasteiger partial charge in [0.2, 0.25) is 0 Å². The van der Waals surface area contributed by atoms with Gasteiger partial charge in [-0.15, -0.1) is 0 Å². The van der Waals surface area contributed by atoms with E-state index in [0.29, 0.717) is 4.47 Å². The molecular weight excluding hydrogens is 422 g/mol. The van der Waals surface area contributed by atoms with Gasteiger partial charge in [-0.05, 0) is 44.0 Å². The smallest absolute Gasteiger partial charge is 0.474 e. The minimum absolute atomic E-state index is 0.203. The number of benzene rings is 1. The number of rotatable bonds is 3. The van der Waals surface area contributed by atoms with Gasteiger partial charge < -0.3 is 9.84 Å². The van der Waals surface area contributed by atoms with Crippen LogP contribution >= 0.6 is 47.8 Å². The minimum Gasteiger partial charge on any atom is -0.474 e. The predicted molar refractivity (Wildman–Crippen MR) is 62.8 cm³/mol. The maximum absolute atomic E-state index is 12.8. The van der Waals surface area contributed by atoms with Gasteiger partial charge in [0, 0.05) is 4.47 Å². The molecule has 0 amide bonds. The maximum Gasteiger partial charge on any atom is 0.501 e. The van der Waals surface area contributed by atoms with Crippen LogP contribution in [0.2, 0.25) is 0 Å². The lowest BCUT2D eigenvalue weighted by atomic mass is 10.3. The minimum atomic E-state index is -4.28. The molecule has 0 saturated heterocycles. The topological polar surface area (TPSA) is 46.5 Å². The predicted octanol–water partition coefficient (Wildman–Crippen LogP) is 4.03. The lowest BCUT2D eigenvalue weighted by Crippen LogP contribution is -2.35. The van der Waals surface area contributed by atoms with Gasteiger partial charge in [-0.3, -0.25) is 0 Å². The first kappa shape index (κ1) is 13.9. The van der Waals surface area contributed by atoms with E-state index in [4.69, 9.17) is 5.11 Å². The summed E-state index contributed by atoms with van der Waals surface area (Å²) in [6.07, 6.45) is -4.28. The van der Waals surface area contributed by atoms with E-state index in [0.717, 1.165) is 0 Å². The van der Waals surface area contributed by atoms with E-state index in [1.54, 1.807) is 0 Å². The van der Waals surface area contributed by atoms with Crippen LogP contribution in [0.1, 0.15) is 0 Å². The molecule has 3 nitrogen and oxygen atoms in total. The summed E-state index contributed by atoms with van der Waals surface area (Å²) in [5.74, 6) is -2.63. The van der Waals surface area contributed by atoms with Crippen molar-refractivity contribution in [2.75, 3.05) is 0 Å². The van der Waals surface area contributed by atoms with Crippen LogP contribution in [0.3, 0.4) is 0 Å². The first-order valence-corrected chi connectivity index (χ1v) is 6.06. The second-order valence-corrected chi connectivity index (χ2v) is 5.25. The highest BCUT2D eigenvalue weighted by Gasteiger charge is 2.43. The standard InChI is InChI=1S/C8H3Br3F2O3/c9-3-1-4(10)6(5(11)2-3)16-8(12,13)7(14)15/h1-2H,(H,14,15). The molecule has 16 heavy (non-hydrogen) atoms. The van der Waals surface area contributed by atoms with E-state index < -0.39 is 12.1 Å². The van der Waals surface area contributed by atoms with E-state index in [1.165, 1.54) is 12.1 Å². The van der Waals surface area contributed by atoms with Gasteiger partial charge in [0.25, 0.3) is 0 Å². The number of carboxylic acid groups (broad SMARTS) is 1. The van der Waals surface area contributed by atoms with Crippen molar-refractivity contribution in [3.63, 3.8) is 0 Å². The molecule has 0 bridgehead atoms. The zero-order valence-electron chi connectivity index (χ0n) is 7.31. The Bertz CT molecular complexity index is 414. The normalized spacial score (nSPS) is 11.3. The quantitative estimate of drug-likeness (QED) is 0.797. The van der Waals surface area contributed by atoms with E-state index in [-0.39, 0.29) is 14.7 Å². The second-order valence-electron chi connectivity index (χ2n) is 2.62. The van der Waals surface area contributed by atoms with Crippen molar-refractivity contribution in [2.24, 2.45) is 0 Å². The van der Waals surface area contributed by atoms with Gasteiger partial charge in [-0.25, -0.2) is 4.79 Å². The average molecular weight is 425 g/mol. The Morgan fingerprint density at radius 2 is 1.69 bits per heavy atom. The van der Waals surface area contributed by atoms with Crippen LogP contribution in [0.15, 0.2) is 25.6 Å². The molecule has 0 aliphatic rings. The Morgan fingerprint density at radius 3 is 2.06 bits per heavy atom. The number of carbonyl (C=O) groups is 1. The van der Waals surface area contributed by atoms with Gasteiger partial charge in [-0.1, -0.05) is 15.9 Å². The molecule has 88 valence electrons. The van der Waals surface area contributed by atoms with Crippen LogP contribution in [0, 0.1) is 0 Å². The zero-order chi connectivity index (χ0) is 12.5. The van der Waals surface area contributed by atoms with Crippen LogP contribution in [0.5, 0.6) is 5.75 Å². The highest BCUT2D eigenvalue weighted by atomic mass is 79.9. The average Bonchev–Trinajstić information content (AvgIpc) is 2.11. The number of hydrogen-bond acceptors (Lipinski definition) is 2. The van der Waals surface area contributed by atoms with Gasteiger partial charge in [-0.2, -0.15) is 8.78 Å². The Hall–Kier alpha value is -0.210. The molecule has 1 aromatic carbocycles. The highest BCUT2D eigenvalue weighted by molar-refractivity contribution is 9.11. The van der Waals surface area contributed by atoms with Gasteiger partial charge >= 0.3 is 12.1 Å². The zero-order valence-corrected chi connectivity index (χ0v) is 12.1. The van der Waals surface area contributed by atoms with Crippen molar-refractivity contribution in [3.05, 3.63) is 25.6 Å². The molecule has 0 atom stereocenters. The van der Waals surface area contributed by atoms with Gasteiger partial charge in [0.15, 0.2) is 5.75 Å². The van der Waals surface area contributed by atoms with Crippen molar-refractivity contribution in [1.82, 2.24) is 0 Å². The van der Waals surface area contributed by atoms with Crippen molar-refractivity contribution in [3.8, 4) is 5.75 Å². The first-order chi connectivity index (χ1) is 7.24. The summed E-state index contributed by atoms with van der Waals surface area (Å²) in [6, 6.07) is 2.91. The fourth-order valence-electron chi connectivity index (χ4n) is 0.798. The molecule has 1 rings (SSSR count). The fraction of sp³-hybridized carbons (Fsp3) is 0.125. The van der Waals surface area contributed by atoms with Crippen molar-refractivity contribution in [1.29, 1.82) is 0 Å². The van der Waals surface area contributed by atoms with Crippen LogP contribution in [-0.2, 0) is 4.79 Å². The van der Waals surface area contributed by atoms with E-state index in [1.807, 2.05) is 0 Å². The van der Waals surface area contributed by atoms with Gasteiger partial charge in [0.05, 0.1) is 8.95 Å². The molecule has 0 aliphatic heterocycles. The third kappa shape index (κ3) is 3.14. The number of ether oxygens (including phenoxy) is 1. The van der Waals surface area contributed by atoms with Crippen molar-refractivity contribution >= 4 is 53.8 Å². The highest BCUT2D eigenvalue weighted by Crippen LogP contribution is 2.39. The molecule has 0 unspecified atom stereocenters. The monoisotopic (exact) mass is 422 g/mol. The van der Waals surface area contributed by atoms with Gasteiger partial charge in [0.1, 0.15) is 0 Å². The molecule has 1 N–H and O–H groups in total. The summed E-state index contributed by atoms with van der Waals surface area (Å²) in [6.45, 7) is 0. The molecule has 0 spiro atoms. The summed E-state index contributed by atoms with van der Waals surface area (Å²) in [5, 5.41) is 8.22. The molecular formula is C8H3Br3F2O3. The number of hydrogen-bond donors (Lipinski definition) is 1. The number of carboxylic acids is 1. The van der Waals surface area contributed by atoms with Crippen LogP contribution in [0.4, 0.5) is 8.78 Å². The largest absolute Gasteiger partial charge is 0.501 e. The summed E-state index contributed by atoms with van der Waals surface area (Å²) >= 11 is 9.11. The summed E-state index contributed by atoms with van der Waals surface area (Å²) < 4.78 is 30.8. The summed E-state index contributed by atoms with van der Waals surface area (Å²) in [5.41, 5.74) is 0. The Labute approximate surface area is 114 Å². The Morgan fingerprint density at radius 1 is 1.25 bits per heavy atom. The lowest BCUT2D eigenvalue weighted by molar-refractivity contribution is -0.211. The summed E-state index contributed by atoms with van der Waals surface area (Å²) in [4.78, 5) is 10.2. The molecule has 1 aromatic rings. The third-order valence-corrected chi connectivity index (χ3v) is 3.08. The van der Waals surface area contributed by atoms with Crippen molar-refractivity contribution < 1.29 is 23.4 Å². The lowest BCUT2D eigenvalue weighted by Gasteiger charge is -2.15. The second kappa shape index (κ2) is 4.97. The van der Waals surface area contributed by atoms with E-state index in [9.17, 15) is 13.6 Å². The summed E-state index contributed by atoms with van der Waals surface area (Å²) in [7, 11) is 0. The number of alkyl halides is 2. The Balaban J connectivity index is 3.11. The third-order valence-electron chi connectivity index (χ3n) is 1.44. The molecule has 0 aromatic heterocycles. The maximum atomic E-state index is 12.8. The van der Waals surface area contributed by atoms with Crippen LogP contribution < -0.4 is 4.74 Å². The molecule has 0 aliphatic carbocycles. The van der Waals surface area contributed by atoms with Crippen LogP contribution in [0.25, 0.3) is 0 Å². The Kier molecular flexibility index (Phi) is 4.30. The first-order valence-electron chi connectivity index (χ1n) is 3.69. The molecule has 0 fully saturated rings. The molecule has 8 heteroatoms. The van der Waals surface area contributed by atoms with E-state index >= 15 is 0 Å². The van der Waals surface area contributed by atoms with Crippen molar-refractivity contribution in [2.45, 2.75) is 6.11 Å². The number of aliphatic carboxylic acids is 1. The molecule has 0 heterocycles. The molecule has 0 radical (unpaired) electrons. The van der Waals surface area contributed by atoms with Crippen LogP contribution in [-0.4, -0.2) is 17.2 Å². The van der Waals surface area contributed by atoms with E-state index in [2.05, 4.69) is 52.5 Å².